The van der Waals surface area contributed by atoms with Crippen molar-refractivity contribution >= 4 is 23.8 Å². The van der Waals surface area contributed by atoms with Crippen LogP contribution < -0.4 is 10.9 Å². The normalized spacial score (nSPS) is 13.1. The summed E-state index contributed by atoms with van der Waals surface area (Å²) in [5.41, 5.74) is 5.44. The maximum Gasteiger partial charge on any atom is 0.260 e. The van der Waals surface area contributed by atoms with Crippen molar-refractivity contribution in [1.82, 2.24) is 25.5 Å². The van der Waals surface area contributed by atoms with Crippen molar-refractivity contribution in [3.8, 4) is 0 Å². The van der Waals surface area contributed by atoms with Crippen molar-refractivity contribution in [2.45, 2.75) is 47.1 Å². The third-order valence-electron chi connectivity index (χ3n) is 5.47. The van der Waals surface area contributed by atoms with Gasteiger partial charge in [-0.25, -0.2) is 10.5 Å². The molecule has 9 nitrogen and oxygen atoms in total. The highest BCUT2D eigenvalue weighted by Gasteiger charge is 2.35. The van der Waals surface area contributed by atoms with Crippen molar-refractivity contribution in [3.63, 3.8) is 0 Å². The number of allylic oxidation sites excluding steroid dienone is 1. The van der Waals surface area contributed by atoms with Gasteiger partial charge in [0.1, 0.15) is 6.54 Å². The van der Waals surface area contributed by atoms with Crippen molar-refractivity contribution < 1.29 is 19.6 Å². The summed E-state index contributed by atoms with van der Waals surface area (Å²) in [6, 6.07) is 9.62. The molecule has 0 bridgehead atoms. The Labute approximate surface area is 207 Å². The Kier molecular flexibility index (Phi) is 11.2. The van der Waals surface area contributed by atoms with Gasteiger partial charge in [0.2, 0.25) is 11.8 Å². The summed E-state index contributed by atoms with van der Waals surface area (Å²) in [7, 11) is 0. The SMILES string of the molecule is CC(C)C[C@@H](C(=O)NN(CC(C)C)C(=O)Cn1ccnc1)[C@H](C/C=C/c1ccccc1)C(=O)NO. The number of rotatable bonds is 12. The van der Waals surface area contributed by atoms with Gasteiger partial charge in [-0.05, 0) is 30.2 Å². The van der Waals surface area contributed by atoms with Crippen LogP contribution in [-0.2, 0) is 20.9 Å². The molecular formula is C26H37N5O4. The molecule has 0 radical (unpaired) electrons. The van der Waals surface area contributed by atoms with E-state index in [0.29, 0.717) is 13.0 Å². The highest BCUT2D eigenvalue weighted by molar-refractivity contribution is 5.89. The second kappa shape index (κ2) is 14.1. The van der Waals surface area contributed by atoms with Crippen LogP contribution in [0.25, 0.3) is 6.08 Å². The Hall–Kier alpha value is -3.46. The number of amides is 3. The molecule has 3 N–H and O–H groups in total. The average molecular weight is 484 g/mol. The second-order valence-corrected chi connectivity index (χ2v) is 9.48. The van der Waals surface area contributed by atoms with Gasteiger partial charge in [0, 0.05) is 18.9 Å². The van der Waals surface area contributed by atoms with Crippen LogP contribution in [0.2, 0.25) is 0 Å². The van der Waals surface area contributed by atoms with E-state index in [1.54, 1.807) is 22.4 Å². The summed E-state index contributed by atoms with van der Waals surface area (Å²) in [5.74, 6) is -2.71. The van der Waals surface area contributed by atoms with Crippen LogP contribution in [0.4, 0.5) is 0 Å². The Bertz CT molecular complexity index is 957. The van der Waals surface area contributed by atoms with Crippen molar-refractivity contribution in [2.75, 3.05) is 6.54 Å². The molecule has 2 rings (SSSR count). The summed E-state index contributed by atoms with van der Waals surface area (Å²) in [5, 5.41) is 10.7. The number of hydrogen-bond acceptors (Lipinski definition) is 5. The Morgan fingerprint density at radius 3 is 2.34 bits per heavy atom. The molecule has 0 saturated carbocycles. The lowest BCUT2D eigenvalue weighted by Gasteiger charge is -2.30. The smallest absolute Gasteiger partial charge is 0.260 e. The molecule has 0 spiro atoms. The lowest BCUT2D eigenvalue weighted by molar-refractivity contribution is -0.148. The summed E-state index contributed by atoms with van der Waals surface area (Å²) >= 11 is 0. The molecule has 0 unspecified atom stereocenters. The van der Waals surface area contributed by atoms with Crippen LogP contribution in [0.3, 0.4) is 0 Å². The van der Waals surface area contributed by atoms with Gasteiger partial charge in [-0.15, -0.1) is 0 Å². The largest absolute Gasteiger partial charge is 0.328 e. The number of benzene rings is 1. The molecule has 3 amide bonds. The Morgan fingerprint density at radius 1 is 1.06 bits per heavy atom. The van der Waals surface area contributed by atoms with Crippen LogP contribution in [0.15, 0.2) is 55.1 Å². The van der Waals surface area contributed by atoms with Gasteiger partial charge >= 0.3 is 0 Å². The Balaban J connectivity index is 2.23. The fourth-order valence-corrected chi connectivity index (χ4v) is 3.83. The summed E-state index contributed by atoms with van der Waals surface area (Å²) in [4.78, 5) is 43.0. The lowest BCUT2D eigenvalue weighted by Crippen LogP contribution is -2.53. The molecule has 0 aliphatic rings. The molecule has 35 heavy (non-hydrogen) atoms. The number of carbonyl (C=O) groups excluding carboxylic acids is 3. The van der Waals surface area contributed by atoms with Crippen molar-refractivity contribution in [1.29, 1.82) is 0 Å². The number of hydrazine groups is 1. The standard InChI is InChI=1S/C26H37N5O4/c1-19(2)15-23(22(26(34)29-35)12-8-11-21-9-6-5-7-10-21)25(33)28-31(16-20(3)4)24(32)17-30-14-13-27-18-30/h5-11,13-14,18-20,22-23,35H,12,15-17H2,1-4H3,(H,28,33)(H,29,34)/b11-8+/t22-,23+/m0/s1. The lowest BCUT2D eigenvalue weighted by atomic mass is 9.82. The van der Waals surface area contributed by atoms with Gasteiger partial charge in [0.25, 0.3) is 5.91 Å². The molecule has 1 heterocycles. The molecule has 1 aromatic heterocycles. The van der Waals surface area contributed by atoms with E-state index < -0.39 is 23.7 Å². The zero-order valence-corrected chi connectivity index (χ0v) is 20.9. The third kappa shape index (κ3) is 9.36. The van der Waals surface area contributed by atoms with E-state index in [0.717, 1.165) is 5.56 Å². The van der Waals surface area contributed by atoms with E-state index in [-0.39, 0.29) is 30.7 Å². The van der Waals surface area contributed by atoms with Gasteiger partial charge in [-0.1, -0.05) is 70.2 Å². The number of hydrogen-bond donors (Lipinski definition) is 3. The number of imidazole rings is 1. The molecule has 9 heteroatoms. The van der Waals surface area contributed by atoms with Crippen molar-refractivity contribution in [3.05, 3.63) is 60.7 Å². The summed E-state index contributed by atoms with van der Waals surface area (Å²) in [6.07, 6.45) is 9.16. The van der Waals surface area contributed by atoms with Crippen LogP contribution >= 0.6 is 0 Å². The number of hydroxylamine groups is 1. The maximum atomic E-state index is 13.5. The zero-order chi connectivity index (χ0) is 25.8. The molecular weight excluding hydrogens is 446 g/mol. The van der Waals surface area contributed by atoms with Crippen LogP contribution in [0.1, 0.15) is 46.1 Å². The highest BCUT2D eigenvalue weighted by Crippen LogP contribution is 2.25. The first-order valence-electron chi connectivity index (χ1n) is 11.9. The number of nitrogens with one attached hydrogen (secondary N) is 2. The molecule has 0 fully saturated rings. The van der Waals surface area contributed by atoms with E-state index in [1.807, 2.05) is 70.2 Å². The number of nitrogens with zero attached hydrogens (tertiary/aromatic N) is 3. The first-order chi connectivity index (χ1) is 16.7. The van der Waals surface area contributed by atoms with Crippen LogP contribution in [0.5, 0.6) is 0 Å². The highest BCUT2D eigenvalue weighted by atomic mass is 16.5. The summed E-state index contributed by atoms with van der Waals surface area (Å²) in [6.45, 7) is 8.17. The third-order valence-corrected chi connectivity index (χ3v) is 5.47. The van der Waals surface area contributed by atoms with Gasteiger partial charge < -0.3 is 4.57 Å². The average Bonchev–Trinajstić information content (AvgIpc) is 3.33. The molecule has 2 aromatic rings. The quantitative estimate of drug-likeness (QED) is 0.316. The molecule has 0 aliphatic heterocycles. The Morgan fingerprint density at radius 2 is 1.77 bits per heavy atom. The zero-order valence-electron chi connectivity index (χ0n) is 20.9. The van der Waals surface area contributed by atoms with Gasteiger partial charge in [0.05, 0.1) is 18.2 Å². The predicted octanol–water partition coefficient (Wildman–Crippen LogP) is 3.29. The molecule has 0 aliphatic carbocycles. The van der Waals surface area contributed by atoms with E-state index in [4.69, 9.17) is 0 Å². The van der Waals surface area contributed by atoms with E-state index >= 15 is 0 Å². The van der Waals surface area contributed by atoms with Gasteiger partial charge in [-0.3, -0.25) is 30.0 Å². The van der Waals surface area contributed by atoms with E-state index in [2.05, 4.69) is 10.4 Å². The molecule has 1 aromatic carbocycles. The first-order valence-corrected chi connectivity index (χ1v) is 11.9. The maximum absolute atomic E-state index is 13.5. The van der Waals surface area contributed by atoms with Crippen LogP contribution in [0, 0.1) is 23.7 Å². The topological polar surface area (TPSA) is 117 Å². The minimum absolute atomic E-state index is 0.0300. The predicted molar refractivity (Wildman–Crippen MR) is 133 cm³/mol. The van der Waals surface area contributed by atoms with Crippen LogP contribution in [-0.4, -0.2) is 44.0 Å². The summed E-state index contributed by atoms with van der Waals surface area (Å²) < 4.78 is 1.63. The molecule has 0 saturated heterocycles. The monoisotopic (exact) mass is 483 g/mol. The number of aromatic nitrogens is 2. The minimum atomic E-state index is -0.813. The van der Waals surface area contributed by atoms with Gasteiger partial charge in [-0.2, -0.15) is 0 Å². The van der Waals surface area contributed by atoms with E-state index in [1.165, 1.54) is 11.3 Å². The minimum Gasteiger partial charge on any atom is -0.328 e. The fourth-order valence-electron chi connectivity index (χ4n) is 3.83. The molecule has 190 valence electrons. The van der Waals surface area contributed by atoms with Gasteiger partial charge in [0.15, 0.2) is 0 Å². The first kappa shape index (κ1) is 27.8. The fraction of sp³-hybridized carbons (Fsp3) is 0.462. The van der Waals surface area contributed by atoms with Crippen molar-refractivity contribution in [2.24, 2.45) is 23.7 Å². The molecule has 2 atom stereocenters. The second-order valence-electron chi connectivity index (χ2n) is 9.48. The van der Waals surface area contributed by atoms with E-state index in [9.17, 15) is 19.6 Å². The number of carbonyl (C=O) groups is 3.